The molecular formula is C20H21N3O4. The van der Waals surface area contributed by atoms with Gasteiger partial charge in [0.25, 0.3) is 11.8 Å². The van der Waals surface area contributed by atoms with Gasteiger partial charge < -0.3 is 9.64 Å². The van der Waals surface area contributed by atoms with Crippen molar-refractivity contribution in [2.75, 3.05) is 25.1 Å². The number of nitrogens with one attached hydrogen (secondary N) is 2. The fourth-order valence-corrected chi connectivity index (χ4v) is 3.06. The van der Waals surface area contributed by atoms with E-state index in [2.05, 4.69) is 21.7 Å². The average molecular weight is 367 g/mol. The molecule has 0 atom stereocenters. The molecule has 27 heavy (non-hydrogen) atoms. The van der Waals surface area contributed by atoms with Crippen molar-refractivity contribution in [1.29, 1.82) is 0 Å². The van der Waals surface area contributed by atoms with Gasteiger partial charge in [0, 0.05) is 17.8 Å². The number of esters is 1. The van der Waals surface area contributed by atoms with Crippen molar-refractivity contribution in [2.24, 2.45) is 0 Å². The van der Waals surface area contributed by atoms with Crippen molar-refractivity contribution in [1.82, 2.24) is 10.9 Å². The van der Waals surface area contributed by atoms with E-state index in [0.29, 0.717) is 11.1 Å². The van der Waals surface area contributed by atoms with Crippen LogP contribution in [0.25, 0.3) is 0 Å². The minimum Gasteiger partial charge on any atom is -0.465 e. The molecule has 0 fully saturated rings. The molecule has 2 aromatic carbocycles. The van der Waals surface area contributed by atoms with Gasteiger partial charge in [0.05, 0.1) is 19.2 Å². The monoisotopic (exact) mass is 367 g/mol. The molecule has 0 spiro atoms. The van der Waals surface area contributed by atoms with Crippen molar-refractivity contribution >= 4 is 23.5 Å². The molecule has 0 aromatic heterocycles. The molecule has 1 aliphatic rings. The van der Waals surface area contributed by atoms with Gasteiger partial charge in [0.2, 0.25) is 0 Å². The molecule has 7 nitrogen and oxygen atoms in total. The van der Waals surface area contributed by atoms with Crippen LogP contribution < -0.4 is 15.8 Å². The second kappa shape index (κ2) is 8.35. The van der Waals surface area contributed by atoms with Gasteiger partial charge in [0.15, 0.2) is 0 Å². The van der Waals surface area contributed by atoms with Gasteiger partial charge in [0.1, 0.15) is 0 Å². The number of anilines is 1. The molecule has 0 aliphatic carbocycles. The number of para-hydroxylation sites is 1. The van der Waals surface area contributed by atoms with Crippen LogP contribution in [-0.2, 0) is 16.0 Å². The van der Waals surface area contributed by atoms with Crippen LogP contribution in [0.4, 0.5) is 5.69 Å². The lowest BCUT2D eigenvalue weighted by atomic mass is 10.0. The number of nitrogens with zero attached hydrogens (tertiary/aromatic N) is 1. The van der Waals surface area contributed by atoms with E-state index >= 15 is 0 Å². The Hall–Kier alpha value is -3.35. The zero-order valence-corrected chi connectivity index (χ0v) is 15.0. The molecule has 2 N–H and O–H groups in total. The summed E-state index contributed by atoms with van der Waals surface area (Å²) in [5.74, 6) is -1.23. The van der Waals surface area contributed by atoms with E-state index in [0.717, 1.165) is 25.1 Å². The molecule has 140 valence electrons. The maximum Gasteiger partial charge on any atom is 0.337 e. The molecule has 1 aliphatic heterocycles. The van der Waals surface area contributed by atoms with E-state index in [-0.39, 0.29) is 12.5 Å². The number of rotatable bonds is 4. The van der Waals surface area contributed by atoms with Gasteiger partial charge in [-0.1, -0.05) is 18.2 Å². The highest BCUT2D eigenvalue weighted by Crippen LogP contribution is 2.26. The Morgan fingerprint density at radius 2 is 1.70 bits per heavy atom. The van der Waals surface area contributed by atoms with Crippen LogP contribution in [0.2, 0.25) is 0 Å². The van der Waals surface area contributed by atoms with Crippen molar-refractivity contribution < 1.29 is 19.1 Å². The molecule has 2 aromatic rings. The van der Waals surface area contributed by atoms with Crippen LogP contribution in [0.1, 0.15) is 32.7 Å². The van der Waals surface area contributed by atoms with Crippen LogP contribution in [0, 0.1) is 0 Å². The summed E-state index contributed by atoms with van der Waals surface area (Å²) >= 11 is 0. The Balaban J connectivity index is 1.53. The number of carbonyl (C=O) groups is 3. The first-order chi connectivity index (χ1) is 13.1. The molecule has 7 heteroatoms. The third-order valence-electron chi connectivity index (χ3n) is 4.42. The smallest absolute Gasteiger partial charge is 0.337 e. The summed E-state index contributed by atoms with van der Waals surface area (Å²) in [6, 6.07) is 14.0. The van der Waals surface area contributed by atoms with Crippen molar-refractivity contribution in [3.05, 3.63) is 65.2 Å². The van der Waals surface area contributed by atoms with E-state index in [1.54, 1.807) is 0 Å². The topological polar surface area (TPSA) is 87.7 Å². The third kappa shape index (κ3) is 4.44. The standard InChI is InChI=1S/C20H21N3O4/c1-27-20(26)16-10-8-15(9-11-16)19(25)22-21-18(24)13-23-12-4-6-14-5-2-3-7-17(14)23/h2-3,5,7-11H,4,6,12-13H2,1H3,(H,21,24)(H,22,25). The Kier molecular flexibility index (Phi) is 5.71. The number of carbonyl (C=O) groups excluding carboxylic acids is 3. The number of ether oxygens (including phenoxy) is 1. The number of hydrazine groups is 1. The van der Waals surface area contributed by atoms with Crippen LogP contribution in [-0.4, -0.2) is 38.0 Å². The zero-order valence-electron chi connectivity index (χ0n) is 15.0. The lowest BCUT2D eigenvalue weighted by molar-refractivity contribution is -0.120. The van der Waals surface area contributed by atoms with Gasteiger partial charge >= 0.3 is 5.97 Å². The SMILES string of the molecule is COC(=O)c1ccc(C(=O)NNC(=O)CN2CCCc3ccccc32)cc1. The minimum absolute atomic E-state index is 0.165. The molecule has 3 rings (SSSR count). The largest absolute Gasteiger partial charge is 0.465 e. The summed E-state index contributed by atoms with van der Waals surface area (Å²) in [6.45, 7) is 0.964. The minimum atomic E-state index is -0.475. The molecule has 0 saturated heterocycles. The van der Waals surface area contributed by atoms with Gasteiger partial charge in [-0.25, -0.2) is 4.79 Å². The highest BCUT2D eigenvalue weighted by molar-refractivity contribution is 5.97. The summed E-state index contributed by atoms with van der Waals surface area (Å²) in [4.78, 5) is 37.8. The molecular weight excluding hydrogens is 346 g/mol. The molecule has 0 radical (unpaired) electrons. The summed E-state index contributed by atoms with van der Waals surface area (Å²) < 4.78 is 4.61. The number of benzene rings is 2. The summed E-state index contributed by atoms with van der Waals surface area (Å²) in [5.41, 5.74) is 7.79. The zero-order chi connectivity index (χ0) is 19.2. The van der Waals surface area contributed by atoms with Crippen LogP contribution >= 0.6 is 0 Å². The van der Waals surface area contributed by atoms with Gasteiger partial charge in [-0.3, -0.25) is 20.4 Å². The highest BCUT2D eigenvalue weighted by atomic mass is 16.5. The van der Waals surface area contributed by atoms with Gasteiger partial charge in [-0.2, -0.15) is 0 Å². The summed E-state index contributed by atoms with van der Waals surface area (Å²) in [6.07, 6.45) is 2.00. The quantitative estimate of drug-likeness (QED) is 0.634. The first-order valence-electron chi connectivity index (χ1n) is 8.69. The van der Waals surface area contributed by atoms with E-state index in [1.807, 2.05) is 23.1 Å². The van der Waals surface area contributed by atoms with Crippen molar-refractivity contribution in [3.63, 3.8) is 0 Å². The van der Waals surface area contributed by atoms with E-state index in [9.17, 15) is 14.4 Å². The van der Waals surface area contributed by atoms with Crippen LogP contribution in [0.3, 0.4) is 0 Å². The Bertz CT molecular complexity index is 849. The summed E-state index contributed by atoms with van der Waals surface area (Å²) in [5, 5.41) is 0. The fraction of sp³-hybridized carbons (Fsp3) is 0.250. The number of hydrogen-bond acceptors (Lipinski definition) is 5. The highest BCUT2D eigenvalue weighted by Gasteiger charge is 2.19. The average Bonchev–Trinajstić information content (AvgIpc) is 2.72. The number of aryl methyl sites for hydroxylation is 1. The van der Waals surface area contributed by atoms with Crippen LogP contribution in [0.5, 0.6) is 0 Å². The second-order valence-electron chi connectivity index (χ2n) is 6.23. The van der Waals surface area contributed by atoms with E-state index < -0.39 is 11.9 Å². The van der Waals surface area contributed by atoms with Crippen LogP contribution in [0.15, 0.2) is 48.5 Å². The first kappa shape index (κ1) is 18.4. The Morgan fingerprint density at radius 1 is 1.00 bits per heavy atom. The third-order valence-corrected chi connectivity index (χ3v) is 4.42. The second-order valence-corrected chi connectivity index (χ2v) is 6.23. The van der Waals surface area contributed by atoms with Gasteiger partial charge in [-0.05, 0) is 48.7 Å². The molecule has 0 bridgehead atoms. The predicted molar refractivity (Wildman–Crippen MR) is 100 cm³/mol. The number of hydrogen-bond donors (Lipinski definition) is 2. The van der Waals surface area contributed by atoms with E-state index in [4.69, 9.17) is 0 Å². The lowest BCUT2D eigenvalue weighted by Gasteiger charge is -2.30. The molecule has 2 amide bonds. The summed E-state index contributed by atoms with van der Waals surface area (Å²) in [7, 11) is 1.29. The van der Waals surface area contributed by atoms with Crippen molar-refractivity contribution in [3.8, 4) is 0 Å². The number of fused-ring (bicyclic) bond motifs is 1. The van der Waals surface area contributed by atoms with Gasteiger partial charge in [-0.15, -0.1) is 0 Å². The van der Waals surface area contributed by atoms with Crippen molar-refractivity contribution in [2.45, 2.75) is 12.8 Å². The molecule has 0 unspecified atom stereocenters. The number of amides is 2. The Labute approximate surface area is 157 Å². The normalized spacial score (nSPS) is 12.7. The molecule has 0 saturated carbocycles. The van der Waals surface area contributed by atoms with E-state index in [1.165, 1.54) is 36.9 Å². The maximum atomic E-state index is 12.2. The fourth-order valence-electron chi connectivity index (χ4n) is 3.06. The number of methoxy groups -OCH3 is 1. The lowest BCUT2D eigenvalue weighted by Crippen LogP contribution is -2.47. The predicted octanol–water partition coefficient (Wildman–Crippen LogP) is 1.69. The Morgan fingerprint density at radius 3 is 2.44 bits per heavy atom. The molecule has 1 heterocycles. The first-order valence-corrected chi connectivity index (χ1v) is 8.69. The maximum absolute atomic E-state index is 12.2.